The summed E-state index contributed by atoms with van der Waals surface area (Å²) in [5, 5.41) is 44.0. The number of likely N-dealkylation sites (N-methyl/N-ethyl adjacent to an activating group) is 1. The summed E-state index contributed by atoms with van der Waals surface area (Å²) in [6.45, 7) is 3.87. The van der Waals surface area contributed by atoms with Crippen LogP contribution in [-0.2, 0) is 14.4 Å². The molecule has 33 heavy (non-hydrogen) atoms. The predicted octanol–water partition coefficient (Wildman–Crippen LogP) is -0.703. The second-order valence-electron chi connectivity index (χ2n) is 8.72. The summed E-state index contributed by atoms with van der Waals surface area (Å²) >= 11 is 6.59. The Labute approximate surface area is 192 Å². The highest BCUT2D eigenvalue weighted by Gasteiger charge is 2.75. The number of hydrogen-bond acceptors (Lipinski definition) is 9. The molecule has 0 spiro atoms. The Hall–Kier alpha value is -3.05. The molecule has 10 nitrogen and oxygen atoms in total. The molecular weight excluding hydrogens is 456 g/mol. The van der Waals surface area contributed by atoms with E-state index in [0.717, 1.165) is 0 Å². The third-order valence-electron chi connectivity index (χ3n) is 6.87. The Kier molecular flexibility index (Phi) is 4.89. The Morgan fingerprint density at radius 3 is 2.36 bits per heavy atom. The van der Waals surface area contributed by atoms with Gasteiger partial charge in [-0.25, -0.2) is 0 Å². The van der Waals surface area contributed by atoms with Gasteiger partial charge in [0.25, 0.3) is 5.91 Å². The maximum Gasteiger partial charge on any atom is 0.255 e. The van der Waals surface area contributed by atoms with Gasteiger partial charge in [-0.3, -0.25) is 24.1 Å². The van der Waals surface area contributed by atoms with Gasteiger partial charge in [0.15, 0.2) is 22.0 Å². The topological polar surface area (TPSA) is 178 Å². The van der Waals surface area contributed by atoms with E-state index in [1.54, 1.807) is 0 Å². The van der Waals surface area contributed by atoms with Gasteiger partial charge in [0.2, 0.25) is 5.78 Å². The van der Waals surface area contributed by atoms with Crippen molar-refractivity contribution in [3.05, 3.63) is 47.2 Å². The SMILES string of the molecule is C=C1c2cccc(O)c2C(=O)[C@]2(Cl)C(=O)[C@]3(O)C(O)=C(C(N)=O)C(=O)[C@@H](N(C)C)[C@@H]3[C@@H](O)[C@H]12. The van der Waals surface area contributed by atoms with Crippen LogP contribution >= 0.6 is 11.6 Å². The van der Waals surface area contributed by atoms with E-state index in [9.17, 15) is 39.6 Å². The number of halogens is 1. The number of aliphatic hydroxyl groups is 3. The van der Waals surface area contributed by atoms with Crippen LogP contribution in [0, 0.1) is 11.8 Å². The van der Waals surface area contributed by atoms with E-state index in [0.29, 0.717) is 0 Å². The molecule has 1 aromatic carbocycles. The van der Waals surface area contributed by atoms with Crippen molar-refractivity contribution < 1.29 is 39.6 Å². The summed E-state index contributed by atoms with van der Waals surface area (Å²) < 4.78 is 0. The van der Waals surface area contributed by atoms with Gasteiger partial charge in [-0.05, 0) is 31.3 Å². The van der Waals surface area contributed by atoms with Crippen LogP contribution in [0.5, 0.6) is 5.75 Å². The highest BCUT2D eigenvalue weighted by molar-refractivity contribution is 6.53. The molecule has 6 N–H and O–H groups in total. The first-order valence-corrected chi connectivity index (χ1v) is 10.3. The zero-order valence-electron chi connectivity index (χ0n) is 17.6. The summed E-state index contributed by atoms with van der Waals surface area (Å²) in [5.41, 5.74) is 0.919. The number of nitrogens with two attached hydrogens (primary N) is 1. The van der Waals surface area contributed by atoms with Crippen molar-refractivity contribution >= 4 is 40.4 Å². The van der Waals surface area contributed by atoms with Gasteiger partial charge in [-0.15, -0.1) is 11.6 Å². The maximum absolute atomic E-state index is 13.8. The molecule has 0 unspecified atom stereocenters. The Balaban J connectivity index is 2.08. The number of amides is 1. The van der Waals surface area contributed by atoms with Crippen LogP contribution in [-0.4, -0.2) is 85.3 Å². The van der Waals surface area contributed by atoms with Crippen LogP contribution in [0.15, 0.2) is 36.1 Å². The Morgan fingerprint density at radius 2 is 1.82 bits per heavy atom. The number of carbonyl (C=O) groups excluding carboxylic acids is 4. The van der Waals surface area contributed by atoms with Crippen molar-refractivity contribution in [3.8, 4) is 5.75 Å². The van der Waals surface area contributed by atoms with Crippen molar-refractivity contribution in [2.45, 2.75) is 22.6 Å². The molecule has 0 bridgehead atoms. The van der Waals surface area contributed by atoms with Gasteiger partial charge in [0.1, 0.15) is 17.1 Å². The lowest BCUT2D eigenvalue weighted by molar-refractivity contribution is -0.176. The summed E-state index contributed by atoms with van der Waals surface area (Å²) in [6, 6.07) is 2.58. The fourth-order valence-corrected chi connectivity index (χ4v) is 5.94. The average molecular weight is 477 g/mol. The molecule has 0 aromatic heterocycles. The molecule has 174 valence electrons. The number of alkyl halides is 1. The number of nitrogens with zero attached hydrogens (tertiary/aromatic N) is 1. The molecule has 0 heterocycles. The standard InChI is InChI=1S/C22H21ClN2O8/c1-7-8-5-4-6-9(26)10(8)17(29)21(23)12(7)16(28)13-14(25(2)3)15(27)11(19(24)31)18(30)22(13,33)20(21)32/h4-6,12-14,16,26,28,30,33H,1H2,2-3H3,(H2,24,31)/t12-,13+,14-,16-,21-,22+/m0/s1. The summed E-state index contributed by atoms with van der Waals surface area (Å²) in [6.07, 6.45) is -1.86. The van der Waals surface area contributed by atoms with E-state index in [1.165, 1.54) is 37.2 Å². The number of aliphatic hydroxyl groups excluding tert-OH is 2. The predicted molar refractivity (Wildman–Crippen MR) is 114 cm³/mol. The molecule has 3 aliphatic carbocycles. The number of benzene rings is 1. The van der Waals surface area contributed by atoms with Crippen LogP contribution in [0.3, 0.4) is 0 Å². The van der Waals surface area contributed by atoms with E-state index in [1.807, 2.05) is 0 Å². The van der Waals surface area contributed by atoms with Gasteiger partial charge in [0.05, 0.1) is 23.6 Å². The number of phenols is 1. The van der Waals surface area contributed by atoms with E-state index in [4.69, 9.17) is 17.3 Å². The van der Waals surface area contributed by atoms with Crippen LogP contribution in [0.2, 0.25) is 0 Å². The summed E-state index contributed by atoms with van der Waals surface area (Å²) in [7, 11) is 2.80. The Bertz CT molecular complexity index is 1210. The van der Waals surface area contributed by atoms with E-state index in [2.05, 4.69) is 6.58 Å². The molecule has 0 saturated heterocycles. The number of carbonyl (C=O) groups is 4. The van der Waals surface area contributed by atoms with Gasteiger partial charge in [-0.2, -0.15) is 0 Å². The van der Waals surface area contributed by atoms with Crippen molar-refractivity contribution in [3.63, 3.8) is 0 Å². The molecule has 1 aromatic rings. The van der Waals surface area contributed by atoms with E-state index in [-0.39, 0.29) is 16.7 Å². The van der Waals surface area contributed by atoms with Crippen LogP contribution in [0.4, 0.5) is 0 Å². The molecule has 1 saturated carbocycles. The zero-order chi connectivity index (χ0) is 24.8. The Morgan fingerprint density at radius 1 is 1.21 bits per heavy atom. The number of aromatic hydroxyl groups is 1. The normalized spacial score (nSPS) is 35.9. The summed E-state index contributed by atoms with van der Waals surface area (Å²) in [4.78, 5) is 50.8. The third-order valence-corrected chi connectivity index (χ3v) is 7.45. The number of fused-ring (bicyclic) bond motifs is 3. The zero-order valence-corrected chi connectivity index (χ0v) is 18.3. The van der Waals surface area contributed by atoms with Crippen LogP contribution < -0.4 is 5.73 Å². The first-order chi connectivity index (χ1) is 15.2. The fourth-order valence-electron chi connectivity index (χ4n) is 5.44. The van der Waals surface area contributed by atoms with E-state index >= 15 is 0 Å². The molecule has 3 aliphatic rings. The first kappa shape index (κ1) is 23.1. The minimum absolute atomic E-state index is 0.0209. The van der Waals surface area contributed by atoms with Crippen molar-refractivity contribution in [2.24, 2.45) is 17.6 Å². The molecule has 11 heteroatoms. The fraction of sp³-hybridized carbons (Fsp3) is 0.364. The molecule has 1 amide bonds. The number of ketones is 3. The number of hydrogen-bond donors (Lipinski definition) is 5. The minimum Gasteiger partial charge on any atom is -0.508 e. The van der Waals surface area contributed by atoms with Crippen molar-refractivity contribution in [1.82, 2.24) is 4.90 Å². The number of phenolic OH excluding ortho intramolecular Hbond substituents is 1. The lowest BCUT2D eigenvalue weighted by Gasteiger charge is -2.56. The second-order valence-corrected chi connectivity index (χ2v) is 9.31. The lowest BCUT2D eigenvalue weighted by Crippen LogP contribution is -2.77. The third kappa shape index (κ3) is 2.54. The maximum atomic E-state index is 13.8. The van der Waals surface area contributed by atoms with Crippen LogP contribution in [0.25, 0.3) is 5.57 Å². The highest BCUT2D eigenvalue weighted by Crippen LogP contribution is 2.58. The quantitative estimate of drug-likeness (QED) is 0.209. The average Bonchev–Trinajstić information content (AvgIpc) is 2.72. The number of Topliss-reactive ketones (excluding diaryl/α,β-unsaturated/α-hetero) is 3. The largest absolute Gasteiger partial charge is 0.508 e. The molecule has 0 aliphatic heterocycles. The van der Waals surface area contributed by atoms with Gasteiger partial charge in [0, 0.05) is 5.92 Å². The highest BCUT2D eigenvalue weighted by atomic mass is 35.5. The number of primary amides is 1. The minimum atomic E-state index is -3.11. The molecule has 6 atom stereocenters. The van der Waals surface area contributed by atoms with Crippen molar-refractivity contribution in [2.75, 3.05) is 14.1 Å². The van der Waals surface area contributed by atoms with Gasteiger partial charge < -0.3 is 26.2 Å². The molecule has 0 radical (unpaired) electrons. The monoisotopic (exact) mass is 476 g/mol. The first-order valence-electron chi connectivity index (χ1n) is 9.88. The van der Waals surface area contributed by atoms with Crippen LogP contribution in [0.1, 0.15) is 15.9 Å². The summed E-state index contributed by atoms with van der Waals surface area (Å²) in [5.74, 6) is -10.1. The van der Waals surface area contributed by atoms with Crippen molar-refractivity contribution in [1.29, 1.82) is 0 Å². The second kappa shape index (κ2) is 6.97. The molecule has 1 fully saturated rings. The lowest BCUT2D eigenvalue weighted by atomic mass is 9.52. The van der Waals surface area contributed by atoms with Gasteiger partial charge >= 0.3 is 0 Å². The molecule has 4 rings (SSSR count). The number of rotatable bonds is 2. The van der Waals surface area contributed by atoms with Gasteiger partial charge in [-0.1, -0.05) is 18.7 Å². The molecular formula is C22H21ClN2O8. The smallest absolute Gasteiger partial charge is 0.255 e. The van der Waals surface area contributed by atoms with E-state index < -0.39 is 74.8 Å².